The largest absolute Gasteiger partial charge is 0.478 e. The maximum atomic E-state index is 13.0. The number of nitrogens with zero attached hydrogens (tertiary/aromatic N) is 2. The third-order valence-electron chi connectivity index (χ3n) is 5.51. The molecule has 1 fully saturated rings. The quantitative estimate of drug-likeness (QED) is 0.626. The van der Waals surface area contributed by atoms with E-state index in [1.54, 1.807) is 12.1 Å². The molecule has 2 N–H and O–H groups in total. The molecule has 0 atom stereocenters. The number of hydrogen-bond acceptors (Lipinski definition) is 4. The maximum absolute atomic E-state index is 13.0. The van der Waals surface area contributed by atoms with Gasteiger partial charge < -0.3 is 15.1 Å². The summed E-state index contributed by atoms with van der Waals surface area (Å²) in [5.41, 5.74) is 3.91. The molecule has 172 valence electrons. The molecule has 7 heteroatoms. The Kier molecular flexibility index (Phi) is 9.88. The van der Waals surface area contributed by atoms with E-state index in [1.807, 2.05) is 12.1 Å². The molecule has 0 aromatic heterocycles. The molecule has 0 bridgehead atoms. The van der Waals surface area contributed by atoms with Crippen molar-refractivity contribution in [1.82, 2.24) is 4.90 Å². The fraction of sp³-hybridized carbons (Fsp3) is 0.360. The highest BCUT2D eigenvalue weighted by Gasteiger charge is 2.22. The number of aliphatic carboxylic acids is 2. The Morgan fingerprint density at radius 1 is 0.969 bits per heavy atom. The van der Waals surface area contributed by atoms with Crippen LogP contribution in [0, 0.1) is 5.82 Å². The summed E-state index contributed by atoms with van der Waals surface area (Å²) in [7, 11) is 2.18. The fourth-order valence-electron chi connectivity index (χ4n) is 3.66. The number of halogens is 1. The van der Waals surface area contributed by atoms with Gasteiger partial charge in [-0.2, -0.15) is 0 Å². The molecule has 0 aliphatic carbocycles. The van der Waals surface area contributed by atoms with Crippen LogP contribution in [0.3, 0.4) is 0 Å². The molecule has 32 heavy (non-hydrogen) atoms. The Bertz CT molecular complexity index is 873. The summed E-state index contributed by atoms with van der Waals surface area (Å²) < 4.78 is 13.0. The monoisotopic (exact) mass is 442 g/mol. The number of anilines is 1. The van der Waals surface area contributed by atoms with Gasteiger partial charge in [0.15, 0.2) is 0 Å². The molecular weight excluding hydrogens is 411 g/mol. The third-order valence-corrected chi connectivity index (χ3v) is 5.51. The van der Waals surface area contributed by atoms with Crippen molar-refractivity contribution in [3.8, 4) is 0 Å². The van der Waals surface area contributed by atoms with Crippen LogP contribution in [-0.2, 0) is 22.6 Å². The molecule has 0 unspecified atom stereocenters. The van der Waals surface area contributed by atoms with E-state index in [0.29, 0.717) is 18.2 Å². The maximum Gasteiger partial charge on any atom is 0.328 e. The molecule has 6 nitrogen and oxygen atoms in total. The van der Waals surface area contributed by atoms with Gasteiger partial charge in [-0.25, -0.2) is 14.0 Å². The van der Waals surface area contributed by atoms with Gasteiger partial charge in [0.05, 0.1) is 0 Å². The summed E-state index contributed by atoms with van der Waals surface area (Å²) in [5, 5.41) is 15.6. The Balaban J connectivity index is 0.000000390. The second kappa shape index (κ2) is 12.6. The second-order valence-electron chi connectivity index (χ2n) is 7.79. The van der Waals surface area contributed by atoms with Crippen LogP contribution in [0.2, 0.25) is 0 Å². The van der Waals surface area contributed by atoms with E-state index >= 15 is 0 Å². The van der Waals surface area contributed by atoms with Gasteiger partial charge in [0.1, 0.15) is 5.82 Å². The molecule has 0 amide bonds. The minimum atomic E-state index is -1.26. The molecule has 1 aliphatic rings. The van der Waals surface area contributed by atoms with Gasteiger partial charge in [0.25, 0.3) is 0 Å². The first kappa shape index (κ1) is 25.1. The Hall–Kier alpha value is -3.19. The van der Waals surface area contributed by atoms with Crippen LogP contribution >= 0.6 is 0 Å². The van der Waals surface area contributed by atoms with Crippen LogP contribution in [-0.4, -0.2) is 53.2 Å². The van der Waals surface area contributed by atoms with Gasteiger partial charge in [-0.05, 0) is 61.7 Å². The van der Waals surface area contributed by atoms with Gasteiger partial charge in [-0.3, -0.25) is 4.90 Å². The van der Waals surface area contributed by atoms with Crippen molar-refractivity contribution in [1.29, 1.82) is 0 Å². The highest BCUT2D eigenvalue weighted by Crippen LogP contribution is 2.23. The van der Waals surface area contributed by atoms with Gasteiger partial charge >= 0.3 is 11.9 Å². The zero-order valence-electron chi connectivity index (χ0n) is 18.6. The number of rotatable bonds is 7. The lowest BCUT2D eigenvalue weighted by atomic mass is 10.0. The molecule has 0 saturated carbocycles. The molecule has 3 rings (SSSR count). The molecule has 2 aromatic rings. The van der Waals surface area contributed by atoms with Crippen molar-refractivity contribution >= 4 is 17.6 Å². The number of hydrogen-bond donors (Lipinski definition) is 2. The van der Waals surface area contributed by atoms with Crippen LogP contribution in [0.5, 0.6) is 0 Å². The van der Waals surface area contributed by atoms with Crippen LogP contribution in [0.25, 0.3) is 0 Å². The van der Waals surface area contributed by atoms with Crippen LogP contribution in [0.1, 0.15) is 30.9 Å². The van der Waals surface area contributed by atoms with Gasteiger partial charge in [-0.1, -0.05) is 31.2 Å². The molecular formula is C25H31FN2O4. The zero-order chi connectivity index (χ0) is 23.5. The van der Waals surface area contributed by atoms with Crippen LogP contribution in [0.15, 0.2) is 60.7 Å². The smallest absolute Gasteiger partial charge is 0.328 e. The summed E-state index contributed by atoms with van der Waals surface area (Å²) in [6, 6.07) is 16.4. The summed E-state index contributed by atoms with van der Waals surface area (Å²) in [5.74, 6) is -2.68. The molecule has 1 heterocycles. The first-order chi connectivity index (χ1) is 15.3. The van der Waals surface area contributed by atoms with Crippen LogP contribution < -0.4 is 4.90 Å². The zero-order valence-corrected chi connectivity index (χ0v) is 18.6. The number of benzene rings is 2. The minimum Gasteiger partial charge on any atom is -0.478 e. The number of piperidine rings is 1. The molecule has 0 radical (unpaired) electrons. The van der Waals surface area contributed by atoms with E-state index in [2.05, 4.69) is 48.0 Å². The predicted molar refractivity (Wildman–Crippen MR) is 123 cm³/mol. The number of carboxylic acid groups (broad SMARTS) is 2. The summed E-state index contributed by atoms with van der Waals surface area (Å²) in [4.78, 5) is 24.0. The predicted octanol–water partition coefficient (Wildman–Crippen LogP) is 4.20. The lowest BCUT2D eigenvalue weighted by Gasteiger charge is -2.38. The van der Waals surface area contributed by atoms with Crippen molar-refractivity contribution in [2.75, 3.05) is 25.0 Å². The topological polar surface area (TPSA) is 81.1 Å². The third kappa shape index (κ3) is 8.51. The van der Waals surface area contributed by atoms with Gasteiger partial charge in [0, 0.05) is 43.5 Å². The average molecular weight is 443 g/mol. The second-order valence-corrected chi connectivity index (χ2v) is 7.79. The van der Waals surface area contributed by atoms with Crippen molar-refractivity contribution in [2.45, 2.75) is 38.8 Å². The van der Waals surface area contributed by atoms with Gasteiger partial charge in [0.2, 0.25) is 0 Å². The normalized spacial score (nSPS) is 14.3. The van der Waals surface area contributed by atoms with E-state index in [9.17, 15) is 14.0 Å². The molecule has 0 spiro atoms. The number of carbonyl (C=O) groups is 2. The fourth-order valence-corrected chi connectivity index (χ4v) is 3.66. The van der Waals surface area contributed by atoms with Crippen molar-refractivity contribution in [3.05, 3.63) is 77.6 Å². The Labute approximate surface area is 188 Å². The Morgan fingerprint density at radius 2 is 1.47 bits per heavy atom. The van der Waals surface area contributed by atoms with E-state index < -0.39 is 11.9 Å². The lowest BCUT2D eigenvalue weighted by molar-refractivity contribution is -0.134. The van der Waals surface area contributed by atoms with E-state index in [1.165, 1.54) is 29.7 Å². The summed E-state index contributed by atoms with van der Waals surface area (Å²) in [6.45, 7) is 5.28. The van der Waals surface area contributed by atoms with Crippen molar-refractivity contribution in [2.24, 2.45) is 0 Å². The average Bonchev–Trinajstić information content (AvgIpc) is 2.80. The first-order valence-electron chi connectivity index (χ1n) is 10.7. The van der Waals surface area contributed by atoms with Crippen LogP contribution in [0.4, 0.5) is 10.1 Å². The summed E-state index contributed by atoms with van der Waals surface area (Å²) >= 11 is 0. The standard InChI is InChI=1S/C21H27FN2.C4H4O4/c1-3-17-6-10-21(11-7-17)24-14-12-20(13-15-24)23(2)16-18-4-8-19(22)9-5-18;5-3(6)1-2-4(7)8/h4-11,20H,3,12-16H2,1-2H3;1-2H,(H,5,6)(H,7,8)/b;2-1+. The van der Waals surface area contributed by atoms with E-state index in [4.69, 9.17) is 10.2 Å². The van der Waals surface area contributed by atoms with Gasteiger partial charge in [-0.15, -0.1) is 0 Å². The van der Waals surface area contributed by atoms with Crippen molar-refractivity contribution < 1.29 is 24.2 Å². The van der Waals surface area contributed by atoms with E-state index in [-0.39, 0.29) is 5.82 Å². The summed E-state index contributed by atoms with van der Waals surface area (Å²) in [6.07, 6.45) is 4.56. The van der Waals surface area contributed by atoms with E-state index in [0.717, 1.165) is 26.1 Å². The first-order valence-corrected chi connectivity index (χ1v) is 10.7. The number of aryl methyl sites for hydroxylation is 1. The molecule has 1 aliphatic heterocycles. The molecule has 1 saturated heterocycles. The lowest BCUT2D eigenvalue weighted by Crippen LogP contribution is -2.43. The Morgan fingerprint density at radius 3 is 1.94 bits per heavy atom. The highest BCUT2D eigenvalue weighted by atomic mass is 19.1. The number of carboxylic acids is 2. The SMILES string of the molecule is CCc1ccc(N2CCC(N(C)Cc3ccc(F)cc3)CC2)cc1.O=C(O)/C=C/C(=O)O. The highest BCUT2D eigenvalue weighted by molar-refractivity contribution is 5.89. The van der Waals surface area contributed by atoms with Crippen molar-refractivity contribution in [3.63, 3.8) is 0 Å². The molecule has 2 aromatic carbocycles. The minimum absolute atomic E-state index is 0.163.